The molecule has 2 aliphatic rings. The molecule has 3 aromatic rings. The van der Waals surface area contributed by atoms with Crippen molar-refractivity contribution in [1.29, 1.82) is 0 Å². The molecule has 5 nitrogen and oxygen atoms in total. The number of hydrazone groups is 1. The fourth-order valence-corrected chi connectivity index (χ4v) is 4.40. The van der Waals surface area contributed by atoms with Gasteiger partial charge in [-0.3, -0.25) is 0 Å². The van der Waals surface area contributed by atoms with Crippen molar-refractivity contribution in [3.8, 4) is 5.75 Å². The van der Waals surface area contributed by atoms with Gasteiger partial charge in [0.2, 0.25) is 0 Å². The largest absolute Gasteiger partial charge is 0.506 e. The lowest BCUT2D eigenvalue weighted by Gasteiger charge is -2.14. The van der Waals surface area contributed by atoms with Gasteiger partial charge in [0.25, 0.3) is 0 Å². The van der Waals surface area contributed by atoms with Gasteiger partial charge in [-0.2, -0.15) is 5.10 Å². The number of hydrogen-bond donors (Lipinski definition) is 2. The number of phenols is 1. The Kier molecular flexibility index (Phi) is 3.75. The number of aromatic hydroxyl groups is 1. The lowest BCUT2D eigenvalue weighted by molar-refractivity contribution is 0.476. The zero-order valence-corrected chi connectivity index (χ0v) is 15.4. The molecular formula is C22H19FN2O3. The number of rotatable bonds is 2. The number of fused-ring (bicyclic) bond motifs is 3. The first kappa shape index (κ1) is 17.0. The van der Waals surface area contributed by atoms with E-state index in [-0.39, 0.29) is 23.2 Å². The Morgan fingerprint density at radius 2 is 1.96 bits per heavy atom. The molecule has 0 saturated carbocycles. The summed E-state index contributed by atoms with van der Waals surface area (Å²) in [6.45, 7) is 1.87. The van der Waals surface area contributed by atoms with Crippen LogP contribution in [-0.2, 0) is 12.8 Å². The SMILES string of the molecule is Cc1cc2oc(=O)c3c(c2c(O)c1C1=NNC(c2ccc(F)cc2)C1)CCC3. The van der Waals surface area contributed by atoms with Gasteiger partial charge in [0.05, 0.1) is 17.1 Å². The minimum absolute atomic E-state index is 0.0792. The Labute approximate surface area is 160 Å². The average molecular weight is 378 g/mol. The highest BCUT2D eigenvalue weighted by atomic mass is 19.1. The van der Waals surface area contributed by atoms with Gasteiger partial charge in [-0.15, -0.1) is 0 Å². The van der Waals surface area contributed by atoms with Crippen molar-refractivity contribution >= 4 is 16.7 Å². The lowest BCUT2D eigenvalue weighted by Crippen LogP contribution is -2.10. The van der Waals surface area contributed by atoms with Gasteiger partial charge >= 0.3 is 5.63 Å². The molecule has 1 unspecified atom stereocenters. The number of benzene rings is 2. The van der Waals surface area contributed by atoms with Crippen molar-refractivity contribution in [2.24, 2.45) is 5.10 Å². The third-order valence-corrected chi connectivity index (χ3v) is 5.74. The predicted octanol–water partition coefficient (Wildman–Crippen LogP) is 3.87. The van der Waals surface area contributed by atoms with Gasteiger partial charge in [0.1, 0.15) is 17.1 Å². The fraction of sp³-hybridized carbons (Fsp3) is 0.273. The first-order chi connectivity index (χ1) is 13.5. The van der Waals surface area contributed by atoms with E-state index in [1.165, 1.54) is 12.1 Å². The van der Waals surface area contributed by atoms with Crippen molar-refractivity contribution < 1.29 is 13.9 Å². The summed E-state index contributed by atoms with van der Waals surface area (Å²) in [6, 6.07) is 8.06. The molecular weight excluding hydrogens is 359 g/mol. The van der Waals surface area contributed by atoms with E-state index in [9.17, 15) is 14.3 Å². The van der Waals surface area contributed by atoms with Gasteiger partial charge in [-0.05, 0) is 61.1 Å². The molecule has 1 atom stereocenters. The van der Waals surface area contributed by atoms with E-state index >= 15 is 0 Å². The second-order valence-corrected chi connectivity index (χ2v) is 7.49. The van der Waals surface area contributed by atoms with E-state index in [1.807, 2.05) is 6.92 Å². The molecule has 1 aliphatic carbocycles. The van der Waals surface area contributed by atoms with Crippen LogP contribution < -0.4 is 11.1 Å². The molecule has 0 spiro atoms. The number of hydrogen-bond acceptors (Lipinski definition) is 5. The Morgan fingerprint density at radius 3 is 2.75 bits per heavy atom. The third-order valence-electron chi connectivity index (χ3n) is 5.74. The minimum Gasteiger partial charge on any atom is -0.506 e. The number of nitrogens with one attached hydrogen (secondary N) is 1. The number of aryl methyl sites for hydroxylation is 2. The van der Waals surface area contributed by atoms with E-state index in [0.717, 1.165) is 35.2 Å². The summed E-state index contributed by atoms with van der Waals surface area (Å²) in [5.41, 5.74) is 7.92. The standard InChI is InChI=1S/C22H19FN2O3/c1-11-9-18-20(14-3-2-4-15(14)22(27)28-18)21(26)19(11)17-10-16(24-25-17)12-5-7-13(23)8-6-12/h5-9,16,24,26H,2-4,10H2,1H3. The van der Waals surface area contributed by atoms with Gasteiger partial charge in [0, 0.05) is 17.5 Å². The molecule has 0 amide bonds. The van der Waals surface area contributed by atoms with Crippen LogP contribution in [0.5, 0.6) is 5.75 Å². The van der Waals surface area contributed by atoms with Crippen LogP contribution in [0.2, 0.25) is 0 Å². The maximum Gasteiger partial charge on any atom is 0.339 e. The number of phenolic OH excluding ortho intramolecular Hbond substituents is 1. The van der Waals surface area contributed by atoms with E-state index < -0.39 is 0 Å². The third kappa shape index (κ3) is 2.52. The topological polar surface area (TPSA) is 74.8 Å². The van der Waals surface area contributed by atoms with Crippen LogP contribution in [-0.4, -0.2) is 10.8 Å². The van der Waals surface area contributed by atoms with Crippen molar-refractivity contribution in [2.75, 3.05) is 0 Å². The van der Waals surface area contributed by atoms with Crippen LogP contribution in [0.4, 0.5) is 4.39 Å². The van der Waals surface area contributed by atoms with E-state index in [2.05, 4.69) is 10.5 Å². The summed E-state index contributed by atoms with van der Waals surface area (Å²) in [6.07, 6.45) is 2.91. The molecule has 0 radical (unpaired) electrons. The molecule has 1 aliphatic heterocycles. The maximum absolute atomic E-state index is 13.2. The van der Waals surface area contributed by atoms with Crippen LogP contribution in [0.25, 0.3) is 11.0 Å². The van der Waals surface area contributed by atoms with Crippen LogP contribution in [0.3, 0.4) is 0 Å². The molecule has 6 heteroatoms. The number of nitrogens with zero attached hydrogens (tertiary/aromatic N) is 1. The zero-order chi connectivity index (χ0) is 19.4. The second-order valence-electron chi connectivity index (χ2n) is 7.49. The maximum atomic E-state index is 13.2. The molecule has 2 heterocycles. The van der Waals surface area contributed by atoms with E-state index in [1.54, 1.807) is 18.2 Å². The fourth-order valence-electron chi connectivity index (χ4n) is 4.40. The van der Waals surface area contributed by atoms with Crippen LogP contribution in [0.15, 0.2) is 44.6 Å². The summed E-state index contributed by atoms with van der Waals surface area (Å²) in [7, 11) is 0. The normalized spacial score (nSPS) is 18.2. The highest BCUT2D eigenvalue weighted by molar-refractivity contribution is 6.09. The molecule has 142 valence electrons. The first-order valence-corrected chi connectivity index (χ1v) is 9.42. The van der Waals surface area contributed by atoms with Gasteiger partial charge in [-0.1, -0.05) is 12.1 Å². The molecule has 0 saturated heterocycles. The Bertz CT molecular complexity index is 1200. The van der Waals surface area contributed by atoms with Crippen molar-refractivity contribution in [3.63, 3.8) is 0 Å². The zero-order valence-electron chi connectivity index (χ0n) is 15.4. The average Bonchev–Trinajstić information content (AvgIpc) is 3.32. The van der Waals surface area contributed by atoms with Gasteiger partial charge < -0.3 is 14.9 Å². The highest BCUT2D eigenvalue weighted by Crippen LogP contribution is 2.39. The Hall–Kier alpha value is -3.15. The molecule has 0 bridgehead atoms. The predicted molar refractivity (Wildman–Crippen MR) is 104 cm³/mol. The lowest BCUT2D eigenvalue weighted by atomic mass is 9.93. The van der Waals surface area contributed by atoms with Crippen LogP contribution in [0.1, 0.15) is 46.7 Å². The van der Waals surface area contributed by atoms with Crippen LogP contribution >= 0.6 is 0 Å². The molecule has 2 N–H and O–H groups in total. The van der Waals surface area contributed by atoms with E-state index in [0.29, 0.717) is 34.9 Å². The van der Waals surface area contributed by atoms with Crippen molar-refractivity contribution in [1.82, 2.24) is 5.43 Å². The molecule has 1 aromatic heterocycles. The summed E-state index contributed by atoms with van der Waals surface area (Å²) < 4.78 is 18.7. The van der Waals surface area contributed by atoms with E-state index in [4.69, 9.17) is 4.42 Å². The van der Waals surface area contributed by atoms with Gasteiger partial charge in [0.15, 0.2) is 0 Å². The number of halogens is 1. The minimum atomic E-state index is -0.303. The smallest absolute Gasteiger partial charge is 0.339 e. The van der Waals surface area contributed by atoms with Gasteiger partial charge in [-0.25, -0.2) is 9.18 Å². The Balaban J connectivity index is 1.59. The van der Waals surface area contributed by atoms with Crippen molar-refractivity contribution in [2.45, 2.75) is 38.6 Å². The molecule has 2 aromatic carbocycles. The Morgan fingerprint density at radius 1 is 1.21 bits per heavy atom. The van der Waals surface area contributed by atoms with Crippen LogP contribution in [0, 0.1) is 12.7 Å². The van der Waals surface area contributed by atoms with Crippen molar-refractivity contribution in [3.05, 3.63) is 74.4 Å². The molecule has 0 fully saturated rings. The summed E-state index contributed by atoms with van der Waals surface area (Å²) in [4.78, 5) is 12.2. The molecule has 28 heavy (non-hydrogen) atoms. The molecule has 5 rings (SSSR count). The second kappa shape index (κ2) is 6.19. The highest BCUT2D eigenvalue weighted by Gasteiger charge is 2.28. The summed E-state index contributed by atoms with van der Waals surface area (Å²) >= 11 is 0. The summed E-state index contributed by atoms with van der Waals surface area (Å²) in [5.74, 6) is -0.154. The monoisotopic (exact) mass is 378 g/mol. The quantitative estimate of drug-likeness (QED) is 0.664. The first-order valence-electron chi connectivity index (χ1n) is 9.42. The summed E-state index contributed by atoms with van der Waals surface area (Å²) in [5, 5.41) is 16.2.